The lowest BCUT2D eigenvalue weighted by molar-refractivity contribution is 0.292. The van der Waals surface area contributed by atoms with Crippen LogP contribution in [0.2, 0.25) is 0 Å². The quantitative estimate of drug-likeness (QED) is 0.842. The Morgan fingerprint density at radius 2 is 2.06 bits per heavy atom. The molecule has 1 fully saturated rings. The highest BCUT2D eigenvalue weighted by molar-refractivity contribution is 5.35. The fourth-order valence-electron chi connectivity index (χ4n) is 1.67. The Morgan fingerprint density at radius 1 is 1.33 bits per heavy atom. The minimum absolute atomic E-state index is 0.212. The highest BCUT2D eigenvalue weighted by atomic mass is 19.2. The van der Waals surface area contributed by atoms with Crippen LogP contribution in [0.25, 0.3) is 0 Å². The van der Waals surface area contributed by atoms with Gasteiger partial charge in [0.05, 0.1) is 6.61 Å². The second-order valence-electron chi connectivity index (χ2n) is 5.13. The van der Waals surface area contributed by atoms with Gasteiger partial charge in [0.1, 0.15) is 5.75 Å². The van der Waals surface area contributed by atoms with Gasteiger partial charge in [0, 0.05) is 18.2 Å². The van der Waals surface area contributed by atoms with Gasteiger partial charge < -0.3 is 10.1 Å². The highest BCUT2D eigenvalue weighted by Crippen LogP contribution is 2.31. The maximum atomic E-state index is 13.8. The van der Waals surface area contributed by atoms with Crippen molar-refractivity contribution in [3.8, 4) is 5.75 Å². The third-order valence-electron chi connectivity index (χ3n) is 3.01. The molecular weight excluding hydrogens is 236 g/mol. The molecule has 0 atom stereocenters. The third kappa shape index (κ3) is 3.42. The fourth-order valence-corrected chi connectivity index (χ4v) is 1.67. The van der Waals surface area contributed by atoms with E-state index in [1.54, 1.807) is 0 Å². The van der Waals surface area contributed by atoms with E-state index < -0.39 is 11.6 Å². The van der Waals surface area contributed by atoms with Crippen molar-refractivity contribution in [2.45, 2.75) is 39.3 Å². The first kappa shape index (κ1) is 13.3. The van der Waals surface area contributed by atoms with Gasteiger partial charge in [-0.3, -0.25) is 0 Å². The van der Waals surface area contributed by atoms with Gasteiger partial charge in [-0.2, -0.15) is 0 Å². The molecule has 0 radical (unpaired) electrons. The van der Waals surface area contributed by atoms with E-state index in [-0.39, 0.29) is 18.2 Å². The van der Waals surface area contributed by atoms with Crippen LogP contribution >= 0.6 is 0 Å². The van der Waals surface area contributed by atoms with Gasteiger partial charge in [0.15, 0.2) is 11.6 Å². The van der Waals surface area contributed by atoms with Crippen molar-refractivity contribution in [2.24, 2.45) is 5.92 Å². The molecule has 0 aromatic heterocycles. The van der Waals surface area contributed by atoms with E-state index in [9.17, 15) is 8.78 Å². The van der Waals surface area contributed by atoms with Gasteiger partial charge in [0.2, 0.25) is 0 Å². The summed E-state index contributed by atoms with van der Waals surface area (Å²) in [5, 5.41) is 3.09. The first-order valence-electron chi connectivity index (χ1n) is 6.41. The summed E-state index contributed by atoms with van der Waals surface area (Å²) in [6, 6.07) is 2.85. The Hall–Kier alpha value is -1.16. The van der Waals surface area contributed by atoms with Gasteiger partial charge in [-0.1, -0.05) is 13.8 Å². The molecular formula is C14H19F2NO. The Balaban J connectivity index is 2.11. The predicted molar refractivity (Wildman–Crippen MR) is 66.6 cm³/mol. The molecule has 0 spiro atoms. The van der Waals surface area contributed by atoms with Crippen LogP contribution in [0, 0.1) is 17.6 Å². The summed E-state index contributed by atoms with van der Waals surface area (Å²) in [4.78, 5) is 0. The molecule has 1 aliphatic carbocycles. The zero-order valence-electron chi connectivity index (χ0n) is 10.8. The van der Waals surface area contributed by atoms with Crippen LogP contribution < -0.4 is 10.1 Å². The lowest BCUT2D eigenvalue weighted by Crippen LogP contribution is -2.23. The zero-order valence-corrected chi connectivity index (χ0v) is 10.8. The fraction of sp³-hybridized carbons (Fsp3) is 0.571. The Morgan fingerprint density at radius 3 is 2.67 bits per heavy atom. The predicted octanol–water partition coefficient (Wildman–Crippen LogP) is 3.25. The molecule has 4 heteroatoms. The molecule has 1 N–H and O–H groups in total. The standard InChI is InChI=1S/C14H19F2NO/c1-9(2)17-7-11-13(18-8-10-3-4-10)6-5-12(15)14(11)16/h5-6,9-10,17H,3-4,7-8H2,1-2H3. The van der Waals surface area contributed by atoms with Crippen LogP contribution in [-0.4, -0.2) is 12.6 Å². The van der Waals surface area contributed by atoms with Crippen molar-refractivity contribution in [2.75, 3.05) is 6.61 Å². The molecule has 100 valence electrons. The number of benzene rings is 1. The molecule has 0 saturated heterocycles. The van der Waals surface area contributed by atoms with Crippen molar-refractivity contribution >= 4 is 0 Å². The van der Waals surface area contributed by atoms with E-state index in [0.717, 1.165) is 6.07 Å². The van der Waals surface area contributed by atoms with Gasteiger partial charge in [0.25, 0.3) is 0 Å². The molecule has 0 heterocycles. The normalized spacial score (nSPS) is 15.2. The summed E-state index contributed by atoms with van der Waals surface area (Å²) in [6.45, 7) is 4.80. The SMILES string of the molecule is CC(C)NCc1c(OCC2CC2)ccc(F)c1F. The smallest absolute Gasteiger partial charge is 0.167 e. The molecule has 0 unspecified atom stereocenters. The Labute approximate surface area is 106 Å². The molecule has 1 aromatic carbocycles. The van der Waals surface area contributed by atoms with E-state index in [1.165, 1.54) is 18.9 Å². The van der Waals surface area contributed by atoms with Crippen LogP contribution in [0.5, 0.6) is 5.75 Å². The summed E-state index contributed by atoms with van der Waals surface area (Å²) in [7, 11) is 0. The summed E-state index contributed by atoms with van der Waals surface area (Å²) in [5.74, 6) is -0.594. The van der Waals surface area contributed by atoms with Gasteiger partial charge >= 0.3 is 0 Å². The Bertz CT molecular complexity index is 417. The lowest BCUT2D eigenvalue weighted by atomic mass is 10.1. The molecule has 1 saturated carbocycles. The average Bonchev–Trinajstić information content (AvgIpc) is 3.13. The molecule has 2 rings (SSSR count). The zero-order chi connectivity index (χ0) is 13.1. The van der Waals surface area contributed by atoms with E-state index >= 15 is 0 Å². The minimum Gasteiger partial charge on any atom is -0.493 e. The molecule has 0 bridgehead atoms. The number of halogens is 2. The summed E-state index contributed by atoms with van der Waals surface area (Å²) in [6.07, 6.45) is 2.34. The summed E-state index contributed by atoms with van der Waals surface area (Å²) >= 11 is 0. The second-order valence-corrected chi connectivity index (χ2v) is 5.13. The third-order valence-corrected chi connectivity index (χ3v) is 3.01. The second kappa shape index (κ2) is 5.65. The molecule has 0 aliphatic heterocycles. The maximum absolute atomic E-state index is 13.8. The monoisotopic (exact) mass is 255 g/mol. The average molecular weight is 255 g/mol. The molecule has 0 amide bonds. The van der Waals surface area contributed by atoms with E-state index in [4.69, 9.17) is 4.74 Å². The summed E-state index contributed by atoms with van der Waals surface area (Å²) in [5.41, 5.74) is 0.282. The van der Waals surface area contributed by atoms with Crippen molar-refractivity contribution in [3.05, 3.63) is 29.3 Å². The van der Waals surface area contributed by atoms with Gasteiger partial charge in [-0.15, -0.1) is 0 Å². The lowest BCUT2D eigenvalue weighted by Gasteiger charge is -2.14. The minimum atomic E-state index is -0.825. The highest BCUT2D eigenvalue weighted by Gasteiger charge is 2.23. The maximum Gasteiger partial charge on any atom is 0.167 e. The summed E-state index contributed by atoms with van der Waals surface area (Å²) < 4.78 is 32.6. The molecule has 1 aliphatic rings. The number of ether oxygens (including phenoxy) is 1. The van der Waals surface area contributed by atoms with Crippen molar-refractivity contribution in [1.29, 1.82) is 0 Å². The van der Waals surface area contributed by atoms with Crippen LogP contribution in [0.3, 0.4) is 0 Å². The molecule has 2 nitrogen and oxygen atoms in total. The van der Waals surface area contributed by atoms with Crippen LogP contribution in [0.1, 0.15) is 32.3 Å². The Kier molecular flexibility index (Phi) is 4.17. The topological polar surface area (TPSA) is 21.3 Å². The van der Waals surface area contributed by atoms with Crippen molar-refractivity contribution < 1.29 is 13.5 Å². The van der Waals surface area contributed by atoms with E-state index in [2.05, 4.69) is 5.32 Å². The first-order chi connectivity index (χ1) is 8.58. The van der Waals surface area contributed by atoms with Crippen LogP contribution in [-0.2, 0) is 6.54 Å². The van der Waals surface area contributed by atoms with Crippen LogP contribution in [0.15, 0.2) is 12.1 Å². The van der Waals surface area contributed by atoms with E-state index in [0.29, 0.717) is 18.3 Å². The van der Waals surface area contributed by atoms with Crippen molar-refractivity contribution in [1.82, 2.24) is 5.32 Å². The van der Waals surface area contributed by atoms with Crippen molar-refractivity contribution in [3.63, 3.8) is 0 Å². The number of nitrogens with one attached hydrogen (secondary N) is 1. The first-order valence-corrected chi connectivity index (χ1v) is 6.41. The number of hydrogen-bond acceptors (Lipinski definition) is 2. The molecule has 1 aromatic rings. The number of rotatable bonds is 6. The number of hydrogen-bond donors (Lipinski definition) is 1. The largest absolute Gasteiger partial charge is 0.493 e. The van der Waals surface area contributed by atoms with Gasteiger partial charge in [-0.05, 0) is 30.9 Å². The van der Waals surface area contributed by atoms with E-state index in [1.807, 2.05) is 13.8 Å². The molecule has 18 heavy (non-hydrogen) atoms. The van der Waals surface area contributed by atoms with Gasteiger partial charge in [-0.25, -0.2) is 8.78 Å². The van der Waals surface area contributed by atoms with Crippen LogP contribution in [0.4, 0.5) is 8.78 Å².